The largest absolute Gasteiger partial charge is 0.309 e. The Morgan fingerprint density at radius 2 is 2.21 bits per heavy atom. The van der Waals surface area contributed by atoms with E-state index in [1.807, 2.05) is 6.20 Å². The molecule has 0 saturated carbocycles. The van der Waals surface area contributed by atoms with Gasteiger partial charge in [-0.05, 0) is 46.7 Å². The maximum atomic E-state index is 4.30. The van der Waals surface area contributed by atoms with Crippen LogP contribution in [-0.2, 0) is 6.54 Å². The molecule has 106 valence electrons. The van der Waals surface area contributed by atoms with Gasteiger partial charge in [0, 0.05) is 30.2 Å². The average Bonchev–Trinajstić information content (AvgIpc) is 2.81. The van der Waals surface area contributed by atoms with Crippen LogP contribution in [0, 0.1) is 6.92 Å². The van der Waals surface area contributed by atoms with Crippen molar-refractivity contribution >= 4 is 11.3 Å². The number of aryl methyl sites for hydroxylation is 1. The summed E-state index contributed by atoms with van der Waals surface area (Å²) < 4.78 is 0. The zero-order chi connectivity index (χ0) is 13.7. The zero-order valence-electron chi connectivity index (χ0n) is 12.3. The molecule has 0 unspecified atom stereocenters. The molecule has 1 aliphatic rings. The van der Waals surface area contributed by atoms with Crippen LogP contribution in [0.2, 0.25) is 0 Å². The molecule has 0 bridgehead atoms. The van der Waals surface area contributed by atoms with E-state index < -0.39 is 0 Å². The van der Waals surface area contributed by atoms with Crippen LogP contribution < -0.4 is 5.32 Å². The van der Waals surface area contributed by atoms with Crippen LogP contribution in [0.4, 0.5) is 0 Å². The van der Waals surface area contributed by atoms with Gasteiger partial charge in [-0.2, -0.15) is 0 Å². The molecular formula is C15H25N3S. The molecule has 0 aromatic carbocycles. The van der Waals surface area contributed by atoms with E-state index in [9.17, 15) is 0 Å². The van der Waals surface area contributed by atoms with Gasteiger partial charge in [0.1, 0.15) is 0 Å². The number of piperidine rings is 1. The van der Waals surface area contributed by atoms with E-state index in [1.165, 1.54) is 36.4 Å². The van der Waals surface area contributed by atoms with E-state index in [2.05, 4.69) is 42.0 Å². The van der Waals surface area contributed by atoms with Crippen LogP contribution in [0.1, 0.15) is 36.6 Å². The second-order valence-electron chi connectivity index (χ2n) is 5.58. The topological polar surface area (TPSA) is 28.2 Å². The maximum Gasteiger partial charge on any atom is 0.0897 e. The summed E-state index contributed by atoms with van der Waals surface area (Å²) >= 11 is 1.80. The monoisotopic (exact) mass is 279 g/mol. The van der Waals surface area contributed by atoms with E-state index >= 15 is 0 Å². The summed E-state index contributed by atoms with van der Waals surface area (Å²) in [6.45, 7) is 10.9. The summed E-state index contributed by atoms with van der Waals surface area (Å²) in [5.41, 5.74) is 1.42. The van der Waals surface area contributed by atoms with Crippen molar-refractivity contribution in [3.8, 4) is 0 Å². The summed E-state index contributed by atoms with van der Waals surface area (Å²) in [5, 5.41) is 4.83. The number of rotatable bonds is 5. The molecule has 1 N–H and O–H groups in total. The number of aromatic nitrogens is 1. The summed E-state index contributed by atoms with van der Waals surface area (Å²) in [7, 11) is 0. The molecule has 2 rings (SSSR count). The first-order valence-electron chi connectivity index (χ1n) is 7.14. The third-order valence-electron chi connectivity index (χ3n) is 3.58. The van der Waals surface area contributed by atoms with Gasteiger partial charge in [-0.1, -0.05) is 11.6 Å². The average molecular weight is 279 g/mol. The first kappa shape index (κ1) is 14.7. The summed E-state index contributed by atoms with van der Waals surface area (Å²) in [6, 6.07) is 0.672. The van der Waals surface area contributed by atoms with E-state index in [0.29, 0.717) is 6.04 Å². The van der Waals surface area contributed by atoms with E-state index in [-0.39, 0.29) is 0 Å². The van der Waals surface area contributed by atoms with Crippen molar-refractivity contribution in [2.75, 3.05) is 19.6 Å². The minimum absolute atomic E-state index is 0.672. The number of hydrogen-bond acceptors (Lipinski definition) is 4. The Balaban J connectivity index is 1.67. The highest BCUT2D eigenvalue weighted by molar-refractivity contribution is 7.11. The second kappa shape index (κ2) is 7.17. The lowest BCUT2D eigenvalue weighted by molar-refractivity contribution is 0.214. The van der Waals surface area contributed by atoms with Crippen molar-refractivity contribution in [2.45, 2.75) is 46.2 Å². The molecule has 0 aliphatic carbocycles. The molecule has 1 fully saturated rings. The molecule has 1 saturated heterocycles. The number of likely N-dealkylation sites (tertiary alicyclic amines) is 1. The molecule has 2 heterocycles. The fourth-order valence-electron chi connectivity index (χ4n) is 2.36. The van der Waals surface area contributed by atoms with Crippen molar-refractivity contribution in [3.05, 3.63) is 27.7 Å². The second-order valence-corrected chi connectivity index (χ2v) is 6.90. The van der Waals surface area contributed by atoms with Gasteiger partial charge in [-0.15, -0.1) is 11.3 Å². The maximum absolute atomic E-state index is 4.30. The smallest absolute Gasteiger partial charge is 0.0897 e. The molecule has 1 aromatic rings. The summed E-state index contributed by atoms with van der Waals surface area (Å²) in [6.07, 6.45) is 6.84. The first-order valence-corrected chi connectivity index (χ1v) is 7.95. The Labute approximate surface area is 120 Å². The predicted octanol–water partition coefficient (Wildman–Crippen LogP) is 2.97. The number of hydrogen-bond donors (Lipinski definition) is 1. The van der Waals surface area contributed by atoms with Crippen LogP contribution in [0.5, 0.6) is 0 Å². The van der Waals surface area contributed by atoms with Gasteiger partial charge in [-0.3, -0.25) is 4.90 Å². The molecule has 1 aromatic heterocycles. The van der Waals surface area contributed by atoms with Crippen LogP contribution in [0.3, 0.4) is 0 Å². The Hall–Kier alpha value is -0.710. The SMILES string of the molecule is CC(C)=CCN1CCC(NCc2cnc(C)s2)CC1. The number of nitrogens with one attached hydrogen (secondary N) is 1. The highest BCUT2D eigenvalue weighted by Gasteiger charge is 2.17. The molecular weight excluding hydrogens is 254 g/mol. The van der Waals surface area contributed by atoms with Crippen LogP contribution in [0.15, 0.2) is 17.8 Å². The lowest BCUT2D eigenvalue weighted by Gasteiger charge is -2.31. The van der Waals surface area contributed by atoms with Gasteiger partial charge in [0.25, 0.3) is 0 Å². The van der Waals surface area contributed by atoms with E-state index in [0.717, 1.165) is 18.1 Å². The lowest BCUT2D eigenvalue weighted by Crippen LogP contribution is -2.42. The molecule has 0 amide bonds. The first-order chi connectivity index (χ1) is 9.13. The van der Waals surface area contributed by atoms with Gasteiger partial charge in [-0.25, -0.2) is 4.98 Å². The van der Waals surface area contributed by atoms with Crippen molar-refractivity contribution in [3.63, 3.8) is 0 Å². The fraction of sp³-hybridized carbons (Fsp3) is 0.667. The molecule has 0 spiro atoms. The van der Waals surface area contributed by atoms with E-state index in [1.54, 1.807) is 11.3 Å². The third kappa shape index (κ3) is 5.05. The van der Waals surface area contributed by atoms with Gasteiger partial charge >= 0.3 is 0 Å². The lowest BCUT2D eigenvalue weighted by atomic mass is 10.0. The number of allylic oxidation sites excluding steroid dienone is 1. The van der Waals surface area contributed by atoms with Gasteiger partial charge < -0.3 is 5.32 Å². The van der Waals surface area contributed by atoms with Crippen LogP contribution >= 0.6 is 11.3 Å². The van der Waals surface area contributed by atoms with Crippen molar-refractivity contribution < 1.29 is 0 Å². The fourth-order valence-corrected chi connectivity index (χ4v) is 3.11. The number of nitrogens with zero attached hydrogens (tertiary/aromatic N) is 2. The minimum Gasteiger partial charge on any atom is -0.309 e. The van der Waals surface area contributed by atoms with Crippen molar-refractivity contribution in [1.82, 2.24) is 15.2 Å². The highest BCUT2D eigenvalue weighted by Crippen LogP contribution is 2.14. The zero-order valence-corrected chi connectivity index (χ0v) is 13.1. The molecule has 4 heteroatoms. The standard InChI is InChI=1S/C15H25N3S/c1-12(2)4-7-18-8-5-14(6-9-18)17-11-15-10-16-13(3)19-15/h4,10,14,17H,5-9,11H2,1-3H3. The third-order valence-corrected chi connectivity index (χ3v) is 4.49. The molecule has 19 heavy (non-hydrogen) atoms. The van der Waals surface area contributed by atoms with Crippen molar-refractivity contribution in [1.29, 1.82) is 0 Å². The Morgan fingerprint density at radius 3 is 2.79 bits per heavy atom. The van der Waals surface area contributed by atoms with Crippen LogP contribution in [-0.4, -0.2) is 35.6 Å². The van der Waals surface area contributed by atoms with Crippen molar-refractivity contribution in [2.24, 2.45) is 0 Å². The molecule has 0 atom stereocenters. The minimum atomic E-state index is 0.672. The quantitative estimate of drug-likeness (QED) is 0.840. The van der Waals surface area contributed by atoms with E-state index in [4.69, 9.17) is 0 Å². The predicted molar refractivity (Wildman–Crippen MR) is 82.6 cm³/mol. The normalized spacial score (nSPS) is 17.6. The Bertz CT molecular complexity index is 413. The highest BCUT2D eigenvalue weighted by atomic mass is 32.1. The van der Waals surface area contributed by atoms with Crippen LogP contribution in [0.25, 0.3) is 0 Å². The van der Waals surface area contributed by atoms with Gasteiger partial charge in [0.2, 0.25) is 0 Å². The molecule has 1 aliphatic heterocycles. The van der Waals surface area contributed by atoms with Gasteiger partial charge in [0.05, 0.1) is 5.01 Å². The molecule has 0 radical (unpaired) electrons. The Kier molecular flexibility index (Phi) is 5.55. The Morgan fingerprint density at radius 1 is 1.47 bits per heavy atom. The number of thiazole rings is 1. The van der Waals surface area contributed by atoms with Gasteiger partial charge in [0.15, 0.2) is 0 Å². The molecule has 3 nitrogen and oxygen atoms in total. The summed E-state index contributed by atoms with van der Waals surface area (Å²) in [4.78, 5) is 8.19. The summed E-state index contributed by atoms with van der Waals surface area (Å²) in [5.74, 6) is 0.